The number of fused-ring (bicyclic) bond motifs is 6. The molecule has 7 unspecified atom stereocenters. The lowest BCUT2D eigenvalue weighted by molar-refractivity contribution is -0.228. The number of hydrogen-bond donors (Lipinski definition) is 3. The zero-order valence-corrected chi connectivity index (χ0v) is 38.1. The van der Waals surface area contributed by atoms with Gasteiger partial charge in [-0.25, -0.2) is 13.6 Å². The van der Waals surface area contributed by atoms with Crippen molar-refractivity contribution in [1.29, 1.82) is 0 Å². The molecule has 2 saturated heterocycles. The second kappa shape index (κ2) is 15.5. The molecule has 6 heterocycles. The van der Waals surface area contributed by atoms with Gasteiger partial charge in [0.2, 0.25) is 11.5 Å². The van der Waals surface area contributed by atoms with Gasteiger partial charge in [0.15, 0.2) is 6.10 Å². The average molecular weight is 889 g/mol. The van der Waals surface area contributed by atoms with Crippen LogP contribution in [0.25, 0.3) is 10.9 Å². The van der Waals surface area contributed by atoms with Gasteiger partial charge in [-0.1, -0.05) is 32.1 Å². The van der Waals surface area contributed by atoms with Crippen LogP contribution in [0.15, 0.2) is 42.5 Å². The number of nitrogens with one attached hydrogen (secondary N) is 1. The second-order valence-corrected chi connectivity index (χ2v) is 19.5. The van der Waals surface area contributed by atoms with Crippen molar-refractivity contribution in [2.75, 3.05) is 66.0 Å². The smallest absolute Gasteiger partial charge is 0.344 e. The number of H-pyrrole nitrogens is 1. The SMILES string of the molecule is CCC(O)c1ccc2[nH]c3c(c2c1)CCN1CC(CC(C(C)(F)F)C1)C[C@]3(C(=O)OC)c1cc2c(cc1OC)N(C)C1C23CCN2CC=C[C@@](CC)(C23)[C@H](OC(C)=O)[C@@]1(O)C(=O)OC. The van der Waals surface area contributed by atoms with Crippen LogP contribution in [0.2, 0.25) is 0 Å². The van der Waals surface area contributed by atoms with Gasteiger partial charge < -0.3 is 43.9 Å². The number of methoxy groups -OCH3 is 3. The second-order valence-electron chi connectivity index (χ2n) is 19.5. The summed E-state index contributed by atoms with van der Waals surface area (Å²) in [5.41, 5.74) is -1.30. The van der Waals surface area contributed by atoms with E-state index in [9.17, 15) is 19.8 Å². The summed E-state index contributed by atoms with van der Waals surface area (Å²) in [5, 5.41) is 25.2. The molecule has 3 aromatic rings. The normalized spacial score (nSPS) is 34.7. The zero-order valence-electron chi connectivity index (χ0n) is 38.1. The van der Waals surface area contributed by atoms with E-state index in [2.05, 4.69) is 14.8 Å². The number of piperidine rings is 1. The lowest BCUT2D eigenvalue weighted by Crippen LogP contribution is -2.81. The van der Waals surface area contributed by atoms with Crippen LogP contribution in [0.3, 0.4) is 0 Å². The van der Waals surface area contributed by atoms with Gasteiger partial charge in [-0.3, -0.25) is 14.5 Å². The van der Waals surface area contributed by atoms with Crippen LogP contribution in [-0.2, 0) is 45.8 Å². The number of likely N-dealkylation sites (N-methyl/N-ethyl adjacent to an activating group) is 1. The largest absolute Gasteiger partial charge is 0.496 e. The van der Waals surface area contributed by atoms with E-state index in [-0.39, 0.29) is 31.3 Å². The Morgan fingerprint density at radius 1 is 1.02 bits per heavy atom. The molecule has 64 heavy (non-hydrogen) atoms. The van der Waals surface area contributed by atoms with Gasteiger partial charge in [0.1, 0.15) is 11.2 Å². The first kappa shape index (κ1) is 44.6. The summed E-state index contributed by atoms with van der Waals surface area (Å²) in [6, 6.07) is 8.22. The molecule has 0 radical (unpaired) electrons. The Labute approximate surface area is 373 Å². The first-order valence-corrected chi connectivity index (χ1v) is 22.8. The summed E-state index contributed by atoms with van der Waals surface area (Å²) in [4.78, 5) is 53.0. The zero-order chi connectivity index (χ0) is 45.9. The predicted octanol–water partition coefficient (Wildman–Crippen LogP) is 5.56. The fourth-order valence-electron chi connectivity index (χ4n) is 13.9. The number of carbonyl (C=O) groups is 3. The van der Waals surface area contributed by atoms with Gasteiger partial charge in [0.25, 0.3) is 0 Å². The number of anilines is 1. The van der Waals surface area contributed by atoms with E-state index < -0.39 is 69.8 Å². The van der Waals surface area contributed by atoms with Crippen LogP contribution in [0, 0.1) is 17.3 Å². The molecular weight excluding hydrogens is 827 g/mol. The number of aliphatic hydroxyl groups is 2. The molecule has 1 saturated carbocycles. The minimum absolute atomic E-state index is 0.103. The topological polar surface area (TPSA) is 154 Å². The van der Waals surface area contributed by atoms with Crippen LogP contribution in [0.5, 0.6) is 5.75 Å². The van der Waals surface area contributed by atoms with Crippen molar-refractivity contribution in [2.45, 2.75) is 113 Å². The molecule has 1 aromatic heterocycles. The molecule has 2 bridgehead atoms. The fourth-order valence-corrected chi connectivity index (χ4v) is 13.9. The Hall–Kier alpha value is -4.57. The highest BCUT2D eigenvalue weighted by Crippen LogP contribution is 2.68. The van der Waals surface area contributed by atoms with Crippen molar-refractivity contribution < 1.29 is 52.3 Å². The van der Waals surface area contributed by atoms with E-state index in [0.29, 0.717) is 74.6 Å². The number of hydrogen-bond acceptors (Lipinski definition) is 12. The first-order chi connectivity index (χ1) is 30.4. The highest BCUT2D eigenvalue weighted by Gasteiger charge is 2.80. The van der Waals surface area contributed by atoms with Crippen molar-refractivity contribution in [1.82, 2.24) is 14.8 Å². The number of rotatable bonds is 9. The maximum atomic E-state index is 15.5. The third-order valence-electron chi connectivity index (χ3n) is 16.5. The number of alkyl halides is 2. The number of ether oxygens (including phenoxy) is 4. The lowest BCUT2D eigenvalue weighted by atomic mass is 9.47. The van der Waals surface area contributed by atoms with Crippen molar-refractivity contribution in [3.05, 3.63) is 70.4 Å². The molecule has 1 aliphatic carbocycles. The number of benzene rings is 2. The molecule has 2 aromatic carbocycles. The number of esters is 3. The van der Waals surface area contributed by atoms with Gasteiger partial charge in [-0.15, -0.1) is 0 Å². The lowest BCUT2D eigenvalue weighted by Gasteiger charge is -2.63. The van der Waals surface area contributed by atoms with Gasteiger partial charge in [0, 0.05) is 96.9 Å². The molecule has 0 amide bonds. The van der Waals surface area contributed by atoms with Gasteiger partial charge in [-0.2, -0.15) is 0 Å². The number of aromatic nitrogens is 1. The Balaban J connectivity index is 1.36. The number of aromatic amines is 1. The first-order valence-electron chi connectivity index (χ1n) is 22.8. The van der Waals surface area contributed by atoms with E-state index in [1.54, 1.807) is 0 Å². The van der Waals surface area contributed by atoms with Crippen molar-refractivity contribution >= 4 is 34.5 Å². The monoisotopic (exact) mass is 888 g/mol. The van der Waals surface area contributed by atoms with E-state index >= 15 is 13.6 Å². The van der Waals surface area contributed by atoms with Gasteiger partial charge in [0.05, 0.1) is 33.5 Å². The Bertz CT molecular complexity index is 2420. The molecular formula is C49H62F2N4O9. The van der Waals surface area contributed by atoms with E-state index in [0.717, 1.165) is 34.5 Å². The Morgan fingerprint density at radius 2 is 1.77 bits per heavy atom. The average Bonchev–Trinajstić information content (AvgIpc) is 3.94. The minimum Gasteiger partial charge on any atom is -0.496 e. The predicted molar refractivity (Wildman–Crippen MR) is 235 cm³/mol. The Morgan fingerprint density at radius 3 is 2.42 bits per heavy atom. The van der Waals surface area contributed by atoms with Gasteiger partial charge >= 0.3 is 17.9 Å². The van der Waals surface area contributed by atoms with Crippen molar-refractivity contribution in [3.8, 4) is 5.75 Å². The summed E-state index contributed by atoms with van der Waals surface area (Å²) < 4.78 is 54.8. The number of aliphatic hydroxyl groups excluding tert-OH is 1. The number of halogens is 2. The molecule has 1 spiro atoms. The quantitative estimate of drug-likeness (QED) is 0.140. The van der Waals surface area contributed by atoms with Crippen molar-refractivity contribution in [2.24, 2.45) is 17.3 Å². The summed E-state index contributed by atoms with van der Waals surface area (Å²) in [6.45, 7) is 8.48. The third-order valence-corrected chi connectivity index (χ3v) is 16.5. The molecule has 346 valence electrons. The molecule has 6 aliphatic rings. The molecule has 3 N–H and O–H groups in total. The summed E-state index contributed by atoms with van der Waals surface area (Å²) >= 11 is 0. The summed E-state index contributed by atoms with van der Waals surface area (Å²) in [7, 11) is 5.90. The highest BCUT2D eigenvalue weighted by molar-refractivity contribution is 5.95. The standard InChI is InChI=1S/C49H62F2N4O9/c1-9-37(57)29-12-13-35-32(21-29)31-14-18-54-25-28(20-30(26-54)45(4,50)51)24-48(39(31)52-35,43(58)62-7)34-22-33-36(23-38(34)61-6)53(5)41-47(33)16-19-55-17-11-15-46(10-2,40(47)55)42(64-27(3)56)49(41,60)44(59)63-8/h11-13,15,21-23,28,30,37,40-42,52,57,60H,9-10,14,16-20,24-26H2,1-8H3/t28?,30?,37?,40?,41?,42-,46-,47?,48-,49+/m0/s1. The molecule has 15 heteroatoms. The van der Waals surface area contributed by atoms with Crippen LogP contribution < -0.4 is 9.64 Å². The molecule has 9 rings (SSSR count). The molecule has 5 aliphatic heterocycles. The third kappa shape index (κ3) is 6.01. The molecule has 13 nitrogen and oxygen atoms in total. The van der Waals surface area contributed by atoms with E-state index in [1.165, 1.54) is 28.3 Å². The van der Waals surface area contributed by atoms with Crippen LogP contribution in [-0.4, -0.2) is 134 Å². The highest BCUT2D eigenvalue weighted by atomic mass is 19.3. The summed E-state index contributed by atoms with van der Waals surface area (Å²) in [6.07, 6.45) is 4.07. The van der Waals surface area contributed by atoms with Crippen molar-refractivity contribution in [3.63, 3.8) is 0 Å². The minimum atomic E-state index is -2.97. The maximum absolute atomic E-state index is 15.5. The maximum Gasteiger partial charge on any atom is 0.344 e. The van der Waals surface area contributed by atoms with Crippen LogP contribution in [0.4, 0.5) is 14.5 Å². The van der Waals surface area contributed by atoms with E-state index in [1.807, 2.05) is 68.3 Å². The Kier molecular flexibility index (Phi) is 10.8. The van der Waals surface area contributed by atoms with Crippen LogP contribution in [0.1, 0.15) is 93.9 Å². The number of nitrogens with zero attached hydrogens (tertiary/aromatic N) is 3. The van der Waals surface area contributed by atoms with Gasteiger partial charge in [-0.05, 0) is 92.8 Å². The van der Waals surface area contributed by atoms with Crippen LogP contribution >= 0.6 is 0 Å². The number of carbonyl (C=O) groups excluding carboxylic acids is 3. The molecule has 11 atom stereocenters. The summed E-state index contributed by atoms with van der Waals surface area (Å²) in [5.74, 6) is -6.13. The fraction of sp³-hybridized carbons (Fsp3) is 0.612. The van der Waals surface area contributed by atoms with E-state index in [4.69, 9.17) is 18.9 Å². The molecule has 3 fully saturated rings.